The zero-order chi connectivity index (χ0) is 14.4. The van der Waals surface area contributed by atoms with Crippen molar-refractivity contribution in [3.8, 4) is 0 Å². The van der Waals surface area contributed by atoms with Crippen LogP contribution in [0.15, 0.2) is 24.3 Å². The maximum Gasteiger partial charge on any atom is 0.229 e. The van der Waals surface area contributed by atoms with Gasteiger partial charge in [-0.1, -0.05) is 44.2 Å². The number of amides is 1. The number of carbonyl (C=O) groups is 1. The summed E-state index contributed by atoms with van der Waals surface area (Å²) in [6.07, 6.45) is 8.33. The number of nitrogens with two attached hydrogens (primary N) is 1. The molecule has 1 aromatic carbocycles. The molecule has 0 bridgehead atoms. The van der Waals surface area contributed by atoms with Crippen molar-refractivity contribution in [3.05, 3.63) is 29.8 Å². The second kappa shape index (κ2) is 7.44. The van der Waals surface area contributed by atoms with Crippen LogP contribution in [0, 0.1) is 5.92 Å². The van der Waals surface area contributed by atoms with Crippen molar-refractivity contribution in [1.82, 2.24) is 0 Å². The van der Waals surface area contributed by atoms with E-state index in [4.69, 9.17) is 5.73 Å². The van der Waals surface area contributed by atoms with Gasteiger partial charge in [-0.05, 0) is 30.5 Å². The Morgan fingerprint density at radius 3 is 2.50 bits per heavy atom. The highest BCUT2D eigenvalue weighted by Gasteiger charge is 2.23. The van der Waals surface area contributed by atoms with Crippen LogP contribution < -0.4 is 10.6 Å². The number of anilines is 1. The van der Waals surface area contributed by atoms with E-state index in [0.717, 1.165) is 24.1 Å². The molecule has 3 heteroatoms. The third kappa shape index (κ3) is 3.83. The smallest absolute Gasteiger partial charge is 0.229 e. The molecule has 1 aliphatic rings. The van der Waals surface area contributed by atoms with Crippen LogP contribution >= 0.6 is 0 Å². The Morgan fingerprint density at radius 1 is 1.20 bits per heavy atom. The van der Waals surface area contributed by atoms with E-state index in [1.807, 2.05) is 36.2 Å². The minimum Gasteiger partial charge on any atom is -0.326 e. The fraction of sp³-hybridized carbons (Fsp3) is 0.588. The van der Waals surface area contributed by atoms with E-state index in [9.17, 15) is 4.79 Å². The fourth-order valence-electron chi connectivity index (χ4n) is 3.00. The van der Waals surface area contributed by atoms with E-state index in [0.29, 0.717) is 6.54 Å². The Bertz CT molecular complexity index is 436. The van der Waals surface area contributed by atoms with Crippen LogP contribution in [0.3, 0.4) is 0 Å². The van der Waals surface area contributed by atoms with Crippen molar-refractivity contribution in [2.24, 2.45) is 11.7 Å². The summed E-state index contributed by atoms with van der Waals surface area (Å²) >= 11 is 0. The summed E-state index contributed by atoms with van der Waals surface area (Å²) in [7, 11) is 1.89. The summed E-state index contributed by atoms with van der Waals surface area (Å²) in [6.45, 7) is 0.513. The number of hydrogen-bond donors (Lipinski definition) is 1. The lowest BCUT2D eigenvalue weighted by Crippen LogP contribution is -2.33. The number of nitrogens with zero attached hydrogens (tertiary/aromatic N) is 1. The Labute approximate surface area is 122 Å². The van der Waals surface area contributed by atoms with E-state index in [1.54, 1.807) is 0 Å². The predicted octanol–water partition coefficient (Wildman–Crippen LogP) is 3.47. The van der Waals surface area contributed by atoms with Crippen molar-refractivity contribution in [3.63, 3.8) is 0 Å². The van der Waals surface area contributed by atoms with Gasteiger partial charge >= 0.3 is 0 Å². The highest BCUT2D eigenvalue weighted by molar-refractivity contribution is 5.94. The third-order valence-corrected chi connectivity index (χ3v) is 4.32. The highest BCUT2D eigenvalue weighted by Crippen LogP contribution is 2.26. The Morgan fingerprint density at radius 2 is 1.85 bits per heavy atom. The standard InChI is InChI=1S/C17H26N2O/c1-19(16-11-7-8-14(12-16)13-18)17(20)15-9-5-3-2-4-6-10-15/h7-8,11-12,15H,2-6,9-10,13,18H2,1H3. The molecule has 0 saturated heterocycles. The van der Waals surface area contributed by atoms with Crippen LogP contribution in [0.2, 0.25) is 0 Å². The summed E-state index contributed by atoms with van der Waals surface area (Å²) in [5.41, 5.74) is 7.70. The molecule has 2 rings (SSSR count). The van der Waals surface area contributed by atoms with E-state index >= 15 is 0 Å². The molecule has 110 valence electrons. The molecule has 2 N–H and O–H groups in total. The van der Waals surface area contributed by atoms with Crippen LogP contribution in [0.5, 0.6) is 0 Å². The zero-order valence-electron chi connectivity index (χ0n) is 12.5. The topological polar surface area (TPSA) is 46.3 Å². The molecule has 0 spiro atoms. The highest BCUT2D eigenvalue weighted by atomic mass is 16.2. The maximum absolute atomic E-state index is 12.7. The number of carbonyl (C=O) groups excluding carboxylic acids is 1. The summed E-state index contributed by atoms with van der Waals surface area (Å²) < 4.78 is 0. The summed E-state index contributed by atoms with van der Waals surface area (Å²) in [6, 6.07) is 7.97. The molecule has 0 unspecified atom stereocenters. The molecule has 1 saturated carbocycles. The van der Waals surface area contributed by atoms with Crippen LogP contribution in [0.1, 0.15) is 50.5 Å². The minimum atomic E-state index is 0.196. The first-order valence-electron chi connectivity index (χ1n) is 7.79. The van der Waals surface area contributed by atoms with Crippen molar-refractivity contribution in [1.29, 1.82) is 0 Å². The fourth-order valence-corrected chi connectivity index (χ4v) is 3.00. The van der Waals surface area contributed by atoms with Gasteiger partial charge in [0.15, 0.2) is 0 Å². The lowest BCUT2D eigenvalue weighted by Gasteiger charge is -2.25. The second-order valence-corrected chi connectivity index (χ2v) is 5.81. The second-order valence-electron chi connectivity index (χ2n) is 5.81. The molecule has 1 aliphatic carbocycles. The SMILES string of the molecule is CN(C(=O)C1CCCCCCC1)c1cccc(CN)c1. The van der Waals surface area contributed by atoms with Crippen LogP contribution in [-0.4, -0.2) is 13.0 Å². The molecule has 3 nitrogen and oxygen atoms in total. The maximum atomic E-state index is 12.7. The largest absolute Gasteiger partial charge is 0.326 e. The van der Waals surface area contributed by atoms with Gasteiger partial charge in [0.25, 0.3) is 0 Å². The predicted molar refractivity (Wildman–Crippen MR) is 83.6 cm³/mol. The Hall–Kier alpha value is -1.35. The lowest BCUT2D eigenvalue weighted by molar-refractivity contribution is -0.122. The van der Waals surface area contributed by atoms with Crippen molar-refractivity contribution >= 4 is 11.6 Å². The molecular formula is C17H26N2O. The van der Waals surface area contributed by atoms with Gasteiger partial charge in [-0.2, -0.15) is 0 Å². The number of rotatable bonds is 3. The third-order valence-electron chi connectivity index (χ3n) is 4.32. The molecule has 0 atom stereocenters. The molecule has 1 fully saturated rings. The number of hydrogen-bond acceptors (Lipinski definition) is 2. The average Bonchev–Trinajstić information content (AvgIpc) is 2.45. The van der Waals surface area contributed by atoms with Gasteiger partial charge in [-0.15, -0.1) is 0 Å². The van der Waals surface area contributed by atoms with Gasteiger partial charge in [-0.3, -0.25) is 4.79 Å². The Kier molecular flexibility index (Phi) is 5.60. The summed E-state index contributed by atoms with van der Waals surface area (Å²) in [5.74, 6) is 0.461. The Balaban J connectivity index is 2.05. The first kappa shape index (κ1) is 15.0. The van der Waals surface area contributed by atoms with Gasteiger partial charge in [0.2, 0.25) is 5.91 Å². The minimum absolute atomic E-state index is 0.196. The molecule has 0 heterocycles. The van der Waals surface area contributed by atoms with Crippen molar-refractivity contribution in [2.75, 3.05) is 11.9 Å². The first-order chi connectivity index (χ1) is 9.72. The first-order valence-corrected chi connectivity index (χ1v) is 7.79. The van der Waals surface area contributed by atoms with Gasteiger partial charge in [0.1, 0.15) is 0 Å². The molecule has 1 amide bonds. The molecule has 0 aliphatic heterocycles. The molecular weight excluding hydrogens is 248 g/mol. The van der Waals surface area contributed by atoms with Gasteiger partial charge in [-0.25, -0.2) is 0 Å². The van der Waals surface area contributed by atoms with Crippen LogP contribution in [-0.2, 0) is 11.3 Å². The lowest BCUT2D eigenvalue weighted by atomic mass is 9.90. The normalized spacial score (nSPS) is 17.3. The van der Waals surface area contributed by atoms with Gasteiger partial charge in [0, 0.05) is 25.2 Å². The zero-order valence-corrected chi connectivity index (χ0v) is 12.5. The van der Waals surface area contributed by atoms with E-state index in [1.165, 1.54) is 32.1 Å². The van der Waals surface area contributed by atoms with Gasteiger partial charge < -0.3 is 10.6 Å². The molecule has 20 heavy (non-hydrogen) atoms. The summed E-state index contributed by atoms with van der Waals surface area (Å²) in [4.78, 5) is 14.5. The summed E-state index contributed by atoms with van der Waals surface area (Å²) in [5, 5.41) is 0. The van der Waals surface area contributed by atoms with Crippen LogP contribution in [0.25, 0.3) is 0 Å². The quantitative estimate of drug-likeness (QED) is 0.917. The number of benzene rings is 1. The van der Waals surface area contributed by atoms with Gasteiger partial charge in [0.05, 0.1) is 0 Å². The van der Waals surface area contributed by atoms with Crippen LogP contribution in [0.4, 0.5) is 5.69 Å². The van der Waals surface area contributed by atoms with Crippen molar-refractivity contribution < 1.29 is 4.79 Å². The molecule has 1 aromatic rings. The van der Waals surface area contributed by atoms with E-state index in [-0.39, 0.29) is 11.8 Å². The average molecular weight is 274 g/mol. The van der Waals surface area contributed by atoms with E-state index < -0.39 is 0 Å². The molecule has 0 aromatic heterocycles. The monoisotopic (exact) mass is 274 g/mol. The molecule has 0 radical (unpaired) electrons. The van der Waals surface area contributed by atoms with Crippen molar-refractivity contribution in [2.45, 2.75) is 51.5 Å². The van der Waals surface area contributed by atoms with E-state index in [2.05, 4.69) is 0 Å².